The minimum Gasteiger partial charge on any atom is -0.507 e. The normalized spacial score (nSPS) is 18.4. The van der Waals surface area contributed by atoms with Crippen LogP contribution in [0.3, 0.4) is 0 Å². The zero-order valence-electron chi connectivity index (χ0n) is 18.9. The van der Waals surface area contributed by atoms with Crippen molar-refractivity contribution in [2.24, 2.45) is 5.73 Å². The van der Waals surface area contributed by atoms with Crippen molar-refractivity contribution in [2.45, 2.75) is 57.7 Å². The molecule has 6 N–H and O–H groups in total. The molecule has 1 aliphatic rings. The fourth-order valence-corrected chi connectivity index (χ4v) is 4.43. The third-order valence-electron chi connectivity index (χ3n) is 5.57. The van der Waals surface area contributed by atoms with Gasteiger partial charge in [0.2, 0.25) is 0 Å². The molecule has 0 spiro atoms. The van der Waals surface area contributed by atoms with Crippen LogP contribution in [0.4, 0.5) is 11.5 Å². The summed E-state index contributed by atoms with van der Waals surface area (Å²) >= 11 is 0. The van der Waals surface area contributed by atoms with Gasteiger partial charge in [0.25, 0.3) is 0 Å². The number of hydrogen-bond acceptors (Lipinski definition) is 8. The molecule has 0 atom stereocenters. The lowest BCUT2D eigenvalue weighted by Gasteiger charge is -2.49. The number of rotatable bonds is 6. The Morgan fingerprint density at radius 3 is 2.42 bits per heavy atom. The van der Waals surface area contributed by atoms with Gasteiger partial charge in [-0.15, -0.1) is 10.2 Å². The SMILES string of the molecule is CN(c1ccc(-c2ccc(N/C=C(/N)C=N)cc2O)nn1)C1CC(C)(C)NC(C)(C)C1. The van der Waals surface area contributed by atoms with Crippen LogP contribution in [0.25, 0.3) is 11.3 Å². The number of nitrogens with one attached hydrogen (secondary N) is 3. The molecule has 0 unspecified atom stereocenters. The number of nitrogens with two attached hydrogens (primary N) is 1. The Morgan fingerprint density at radius 2 is 1.87 bits per heavy atom. The molecule has 1 aromatic heterocycles. The van der Waals surface area contributed by atoms with E-state index in [9.17, 15) is 5.11 Å². The molecule has 8 heteroatoms. The molecule has 2 heterocycles. The Balaban J connectivity index is 1.76. The summed E-state index contributed by atoms with van der Waals surface area (Å²) in [5.74, 6) is 0.899. The van der Waals surface area contributed by atoms with Crippen LogP contribution in [-0.2, 0) is 0 Å². The molecule has 0 bridgehead atoms. The third-order valence-corrected chi connectivity index (χ3v) is 5.57. The Kier molecular flexibility index (Phi) is 6.22. The number of phenolic OH excluding ortho intramolecular Hbond substituents is 1. The van der Waals surface area contributed by atoms with Crippen molar-refractivity contribution in [3.63, 3.8) is 0 Å². The van der Waals surface area contributed by atoms with Gasteiger partial charge in [0.15, 0.2) is 5.82 Å². The molecule has 8 nitrogen and oxygen atoms in total. The van der Waals surface area contributed by atoms with Crippen molar-refractivity contribution in [3.8, 4) is 17.0 Å². The third kappa shape index (κ3) is 5.52. The van der Waals surface area contributed by atoms with Gasteiger partial charge in [-0.3, -0.25) is 0 Å². The molecule has 31 heavy (non-hydrogen) atoms. The van der Waals surface area contributed by atoms with E-state index < -0.39 is 0 Å². The molecule has 0 saturated carbocycles. The van der Waals surface area contributed by atoms with Gasteiger partial charge in [-0.05, 0) is 64.8 Å². The summed E-state index contributed by atoms with van der Waals surface area (Å²) in [4.78, 5) is 2.20. The van der Waals surface area contributed by atoms with Crippen LogP contribution in [0.5, 0.6) is 5.75 Å². The van der Waals surface area contributed by atoms with Gasteiger partial charge in [-0.2, -0.15) is 0 Å². The number of aromatic hydroxyl groups is 1. The van der Waals surface area contributed by atoms with Gasteiger partial charge in [0.05, 0.1) is 11.4 Å². The predicted molar refractivity (Wildman–Crippen MR) is 127 cm³/mol. The van der Waals surface area contributed by atoms with Crippen molar-refractivity contribution >= 4 is 17.7 Å². The van der Waals surface area contributed by atoms with Crippen LogP contribution in [0, 0.1) is 5.41 Å². The molecule has 1 aromatic carbocycles. The lowest BCUT2D eigenvalue weighted by atomic mass is 9.79. The van der Waals surface area contributed by atoms with Crippen LogP contribution in [0.2, 0.25) is 0 Å². The van der Waals surface area contributed by atoms with Crippen molar-refractivity contribution in [3.05, 3.63) is 42.2 Å². The van der Waals surface area contributed by atoms with Gasteiger partial charge < -0.3 is 31.8 Å². The van der Waals surface area contributed by atoms with Gasteiger partial charge in [-0.1, -0.05) is 0 Å². The molecule has 3 rings (SSSR count). The maximum absolute atomic E-state index is 10.4. The maximum Gasteiger partial charge on any atom is 0.151 e. The molecule has 2 aromatic rings. The minimum atomic E-state index is 0.0498. The Morgan fingerprint density at radius 1 is 1.19 bits per heavy atom. The minimum absolute atomic E-state index is 0.0498. The highest BCUT2D eigenvalue weighted by molar-refractivity contribution is 5.75. The van der Waals surface area contributed by atoms with Crippen molar-refractivity contribution < 1.29 is 5.11 Å². The van der Waals surface area contributed by atoms with E-state index in [2.05, 4.69) is 60.5 Å². The first-order valence-electron chi connectivity index (χ1n) is 10.4. The van der Waals surface area contributed by atoms with E-state index in [1.165, 1.54) is 6.20 Å². The molecule has 0 aliphatic carbocycles. The fourth-order valence-electron chi connectivity index (χ4n) is 4.43. The lowest BCUT2D eigenvalue weighted by molar-refractivity contribution is 0.160. The Bertz CT molecular complexity index is 950. The smallest absolute Gasteiger partial charge is 0.151 e. The Labute approximate surface area is 184 Å². The van der Waals surface area contributed by atoms with Gasteiger partial charge >= 0.3 is 0 Å². The molecular weight excluding hydrogens is 390 g/mol. The molecule has 0 amide bonds. The van der Waals surface area contributed by atoms with Gasteiger partial charge in [0.1, 0.15) is 5.75 Å². The average molecular weight is 424 g/mol. The first-order valence-corrected chi connectivity index (χ1v) is 10.4. The molecule has 1 aliphatic heterocycles. The summed E-state index contributed by atoms with van der Waals surface area (Å²) in [6.07, 6.45) is 4.57. The summed E-state index contributed by atoms with van der Waals surface area (Å²) < 4.78 is 0. The lowest BCUT2D eigenvalue weighted by Crippen LogP contribution is -2.62. The molecule has 1 fully saturated rings. The monoisotopic (exact) mass is 423 g/mol. The van der Waals surface area contributed by atoms with Gasteiger partial charge in [0, 0.05) is 53.9 Å². The van der Waals surface area contributed by atoms with Crippen LogP contribution in [-0.4, -0.2) is 45.7 Å². The molecular formula is C23H33N7O. The second-order valence-electron chi connectivity index (χ2n) is 9.51. The zero-order valence-corrected chi connectivity index (χ0v) is 18.9. The standard InChI is InChI=1S/C23H33N7O/c1-22(2)11-17(12-23(3,4)29-22)30(5)21-9-8-19(27-28-21)18-7-6-16(10-20(18)31)26-14-15(25)13-24/h6-10,13-14,17,24,26,29,31H,11-12,25H2,1-5H3/b15-14+,24-13?. The second-order valence-corrected chi connectivity index (χ2v) is 9.51. The van der Waals surface area contributed by atoms with Crippen LogP contribution in [0.15, 0.2) is 42.2 Å². The van der Waals surface area contributed by atoms with E-state index in [4.69, 9.17) is 11.1 Å². The highest BCUT2D eigenvalue weighted by atomic mass is 16.3. The number of nitrogens with zero attached hydrogens (tertiary/aromatic N) is 3. The molecule has 1 saturated heterocycles. The summed E-state index contributed by atoms with van der Waals surface area (Å²) in [6, 6.07) is 9.35. The topological polar surface area (TPSA) is 123 Å². The number of piperidine rings is 1. The first kappa shape index (κ1) is 22.6. The quantitative estimate of drug-likeness (QED) is 0.451. The van der Waals surface area contributed by atoms with E-state index in [1.54, 1.807) is 12.1 Å². The number of aromatic nitrogens is 2. The number of phenols is 1. The van der Waals surface area contributed by atoms with Crippen molar-refractivity contribution in [1.29, 1.82) is 5.41 Å². The highest BCUT2D eigenvalue weighted by Gasteiger charge is 2.39. The van der Waals surface area contributed by atoms with Gasteiger partial charge in [-0.25, -0.2) is 0 Å². The van der Waals surface area contributed by atoms with Crippen molar-refractivity contribution in [2.75, 3.05) is 17.3 Å². The Hall–Kier alpha value is -3.13. The largest absolute Gasteiger partial charge is 0.507 e. The van der Waals surface area contributed by atoms with E-state index in [-0.39, 0.29) is 22.5 Å². The number of anilines is 2. The van der Waals surface area contributed by atoms with Crippen LogP contribution < -0.4 is 21.3 Å². The summed E-state index contributed by atoms with van der Waals surface area (Å²) in [7, 11) is 2.07. The fraction of sp³-hybridized carbons (Fsp3) is 0.435. The zero-order chi connectivity index (χ0) is 22.8. The van der Waals surface area contributed by atoms with E-state index in [0.717, 1.165) is 24.9 Å². The number of hydrogen-bond donors (Lipinski definition) is 5. The molecule has 166 valence electrons. The molecule has 0 radical (unpaired) electrons. The summed E-state index contributed by atoms with van der Waals surface area (Å²) in [5, 5.41) is 33.0. The highest BCUT2D eigenvalue weighted by Crippen LogP contribution is 2.34. The van der Waals surface area contributed by atoms with E-state index in [0.29, 0.717) is 23.0 Å². The average Bonchev–Trinajstić information content (AvgIpc) is 2.69. The van der Waals surface area contributed by atoms with Crippen LogP contribution >= 0.6 is 0 Å². The van der Waals surface area contributed by atoms with E-state index in [1.807, 2.05) is 18.2 Å². The van der Waals surface area contributed by atoms with Crippen LogP contribution in [0.1, 0.15) is 40.5 Å². The first-order chi connectivity index (χ1) is 14.5. The predicted octanol–water partition coefficient (Wildman–Crippen LogP) is 3.46. The number of allylic oxidation sites excluding steroid dienone is 1. The summed E-state index contributed by atoms with van der Waals surface area (Å²) in [5.41, 5.74) is 7.81. The van der Waals surface area contributed by atoms with Crippen molar-refractivity contribution in [1.82, 2.24) is 15.5 Å². The maximum atomic E-state index is 10.4. The summed E-state index contributed by atoms with van der Waals surface area (Å²) in [6.45, 7) is 8.94. The number of benzene rings is 1. The second kappa shape index (κ2) is 8.55. The van der Waals surface area contributed by atoms with E-state index >= 15 is 0 Å².